The summed E-state index contributed by atoms with van der Waals surface area (Å²) in [6.45, 7) is 3.74. The number of rotatable bonds is 3. The molecule has 2 fully saturated rings. The molecule has 164 valence electrons. The van der Waals surface area contributed by atoms with Crippen LogP contribution in [0, 0.1) is 23.7 Å². The molecule has 0 saturated carbocycles. The first-order valence-corrected chi connectivity index (χ1v) is 11.3. The molecule has 1 atom stereocenters. The van der Waals surface area contributed by atoms with Crippen LogP contribution in [0.25, 0.3) is 32.7 Å². The summed E-state index contributed by atoms with van der Waals surface area (Å²) in [6.07, 6.45) is -0.193. The second-order valence-electron chi connectivity index (χ2n) is 8.65. The fourth-order valence-electron chi connectivity index (χ4n) is 4.69. The van der Waals surface area contributed by atoms with Crippen molar-refractivity contribution in [2.75, 3.05) is 19.7 Å². The quantitative estimate of drug-likeness (QED) is 0.484. The zero-order valence-corrected chi connectivity index (χ0v) is 18.5. The van der Waals surface area contributed by atoms with E-state index in [1.165, 1.54) is 0 Å². The summed E-state index contributed by atoms with van der Waals surface area (Å²) in [5.41, 5.74) is 11.1. The van der Waals surface area contributed by atoms with E-state index in [0.29, 0.717) is 25.3 Å². The molecule has 2 amide bonds. The molecule has 2 aliphatic heterocycles. The molecule has 10 heteroatoms. The first kappa shape index (κ1) is 19.8. The maximum atomic E-state index is 11.5. The van der Waals surface area contributed by atoms with Gasteiger partial charge in [0.2, 0.25) is 0 Å². The van der Waals surface area contributed by atoms with Crippen LogP contribution in [0.1, 0.15) is 22.2 Å². The zero-order chi connectivity index (χ0) is 22.7. The van der Waals surface area contributed by atoms with Gasteiger partial charge in [0.1, 0.15) is 22.1 Å². The van der Waals surface area contributed by atoms with E-state index in [-0.39, 0.29) is 11.5 Å². The predicted molar refractivity (Wildman–Crippen MR) is 122 cm³/mol. The van der Waals surface area contributed by atoms with Crippen LogP contribution >= 0.6 is 11.3 Å². The van der Waals surface area contributed by atoms with Crippen LogP contribution in [0.5, 0.6) is 0 Å². The second-order valence-corrected chi connectivity index (χ2v) is 9.69. The number of hydrogen-bond donors (Lipinski definition) is 2. The number of nitrogens with two attached hydrogens (primary N) is 1. The van der Waals surface area contributed by atoms with E-state index in [1.54, 1.807) is 22.3 Å². The van der Waals surface area contributed by atoms with E-state index in [4.69, 9.17) is 15.5 Å². The number of ether oxygens (including phenoxy) is 1. The predicted octanol–water partition coefficient (Wildman–Crippen LogP) is 3.38. The standard InChI is InChI=1S/C23H19N7O2S/c1-12-5-15(7-16-17(12)28-29-27-16)19-18(14-4-2-3-13(6-14)8-24)26-21(33-19)20-23(11-32-20)9-30(10-23)22(25)31/h2-7,20H,9-11H2,1H3,(H2,25,31)(H,27,28,29). The topological polar surface area (TPSA) is 134 Å². The summed E-state index contributed by atoms with van der Waals surface area (Å²) in [4.78, 5) is 19.1. The van der Waals surface area contributed by atoms with Crippen molar-refractivity contribution in [1.29, 1.82) is 5.26 Å². The minimum absolute atomic E-state index is 0.137. The molecule has 3 N–H and O–H groups in total. The largest absolute Gasteiger partial charge is 0.369 e. The molecule has 9 nitrogen and oxygen atoms in total. The summed E-state index contributed by atoms with van der Waals surface area (Å²) in [5.74, 6) is 0. The van der Waals surface area contributed by atoms with Gasteiger partial charge in [-0.1, -0.05) is 12.1 Å². The van der Waals surface area contributed by atoms with Crippen molar-refractivity contribution >= 4 is 28.4 Å². The van der Waals surface area contributed by atoms with Crippen molar-refractivity contribution in [2.24, 2.45) is 11.1 Å². The van der Waals surface area contributed by atoms with Crippen LogP contribution in [0.4, 0.5) is 4.79 Å². The van der Waals surface area contributed by atoms with Crippen molar-refractivity contribution in [3.63, 3.8) is 0 Å². The Balaban J connectivity index is 1.47. The molecule has 4 aromatic rings. The zero-order valence-electron chi connectivity index (χ0n) is 17.7. The number of nitrogens with one attached hydrogen (secondary N) is 1. The Labute approximate surface area is 192 Å². The molecule has 2 aromatic carbocycles. The highest BCUT2D eigenvalue weighted by molar-refractivity contribution is 7.15. The maximum Gasteiger partial charge on any atom is 0.314 e. The number of benzene rings is 2. The maximum absolute atomic E-state index is 11.5. The van der Waals surface area contributed by atoms with Gasteiger partial charge in [-0.2, -0.15) is 20.7 Å². The third kappa shape index (κ3) is 3.01. The summed E-state index contributed by atoms with van der Waals surface area (Å²) < 4.78 is 5.96. The smallest absolute Gasteiger partial charge is 0.314 e. The number of carbonyl (C=O) groups excluding carboxylic acids is 1. The number of urea groups is 1. The van der Waals surface area contributed by atoms with Crippen molar-refractivity contribution in [3.8, 4) is 27.8 Å². The number of aromatic amines is 1. The third-order valence-electron chi connectivity index (χ3n) is 6.42. The SMILES string of the molecule is Cc1cc(-c2sc(C3OCC34CN(C(N)=O)C4)nc2-c2cccc(C#N)c2)cc2n[nH]nc12. The van der Waals surface area contributed by atoms with Crippen LogP contribution in [0.15, 0.2) is 36.4 Å². The number of hydrogen-bond acceptors (Lipinski definition) is 7. The van der Waals surface area contributed by atoms with E-state index in [2.05, 4.69) is 27.5 Å². The summed E-state index contributed by atoms with van der Waals surface area (Å²) in [7, 11) is 0. The van der Waals surface area contributed by atoms with Gasteiger partial charge in [-0.15, -0.1) is 11.3 Å². The van der Waals surface area contributed by atoms with Gasteiger partial charge >= 0.3 is 6.03 Å². The third-order valence-corrected chi connectivity index (χ3v) is 7.57. The van der Waals surface area contributed by atoms with E-state index < -0.39 is 6.03 Å². The van der Waals surface area contributed by atoms with E-state index in [9.17, 15) is 10.1 Å². The Morgan fingerprint density at radius 2 is 2.15 bits per heavy atom. The number of aromatic nitrogens is 4. The molecule has 6 rings (SSSR count). The molecule has 2 saturated heterocycles. The van der Waals surface area contributed by atoms with E-state index in [0.717, 1.165) is 43.3 Å². The van der Waals surface area contributed by atoms with Gasteiger partial charge in [-0.05, 0) is 42.3 Å². The molecule has 0 aliphatic carbocycles. The molecule has 1 spiro atoms. The average molecular weight is 458 g/mol. The van der Waals surface area contributed by atoms with Crippen molar-refractivity contribution in [1.82, 2.24) is 25.3 Å². The minimum Gasteiger partial charge on any atom is -0.369 e. The molecule has 0 radical (unpaired) electrons. The molecule has 4 heterocycles. The Morgan fingerprint density at radius 1 is 1.30 bits per heavy atom. The van der Waals surface area contributed by atoms with Gasteiger partial charge in [0, 0.05) is 18.7 Å². The van der Waals surface area contributed by atoms with Gasteiger partial charge in [0.25, 0.3) is 0 Å². The van der Waals surface area contributed by atoms with Crippen LogP contribution < -0.4 is 5.73 Å². The number of thiazole rings is 1. The molecule has 33 heavy (non-hydrogen) atoms. The van der Waals surface area contributed by atoms with Crippen LogP contribution in [-0.2, 0) is 4.74 Å². The highest BCUT2D eigenvalue weighted by Gasteiger charge is 2.59. The number of nitriles is 1. The van der Waals surface area contributed by atoms with Crippen molar-refractivity contribution in [3.05, 3.63) is 52.5 Å². The summed E-state index contributed by atoms with van der Waals surface area (Å²) in [6, 6.07) is 13.3. The molecule has 2 aromatic heterocycles. The van der Waals surface area contributed by atoms with Gasteiger partial charge in [0.15, 0.2) is 0 Å². The number of likely N-dealkylation sites (tertiary alicyclic amines) is 1. The highest BCUT2D eigenvalue weighted by Crippen LogP contribution is 2.54. The number of nitrogens with zero attached hydrogens (tertiary/aromatic N) is 5. The number of primary amides is 1. The number of aryl methyl sites for hydroxylation is 1. The fraction of sp³-hybridized carbons (Fsp3) is 0.261. The van der Waals surface area contributed by atoms with Crippen molar-refractivity contribution in [2.45, 2.75) is 13.0 Å². The number of carbonyl (C=O) groups is 1. The Kier molecular flexibility index (Phi) is 4.27. The number of amides is 2. The van der Waals surface area contributed by atoms with Crippen LogP contribution in [-0.4, -0.2) is 51.0 Å². The van der Waals surface area contributed by atoms with Crippen LogP contribution in [0.3, 0.4) is 0 Å². The molecular weight excluding hydrogens is 438 g/mol. The molecule has 2 aliphatic rings. The lowest BCUT2D eigenvalue weighted by Crippen LogP contribution is -2.69. The fourth-order valence-corrected chi connectivity index (χ4v) is 5.96. The molecule has 0 bridgehead atoms. The average Bonchev–Trinajstić information content (AvgIpc) is 3.39. The van der Waals surface area contributed by atoms with Gasteiger partial charge < -0.3 is 15.4 Å². The second kappa shape index (κ2) is 7.10. The highest BCUT2D eigenvalue weighted by atomic mass is 32.1. The molecular formula is C23H19N7O2S. The Bertz CT molecular complexity index is 1460. The summed E-state index contributed by atoms with van der Waals surface area (Å²) in [5, 5.41) is 21.4. The van der Waals surface area contributed by atoms with Crippen molar-refractivity contribution < 1.29 is 9.53 Å². The van der Waals surface area contributed by atoms with Gasteiger partial charge in [-0.25, -0.2) is 9.78 Å². The number of fused-ring (bicyclic) bond motifs is 1. The lowest BCUT2D eigenvalue weighted by molar-refractivity contribution is -0.240. The monoisotopic (exact) mass is 457 g/mol. The lowest BCUT2D eigenvalue weighted by atomic mass is 9.71. The van der Waals surface area contributed by atoms with Gasteiger partial charge in [0.05, 0.1) is 34.2 Å². The normalized spacial score (nSPS) is 18.7. The Morgan fingerprint density at radius 3 is 2.88 bits per heavy atom. The van der Waals surface area contributed by atoms with Gasteiger partial charge in [-0.3, -0.25) is 0 Å². The minimum atomic E-state index is -0.406. The Hall–Kier alpha value is -3.81. The number of H-pyrrole nitrogens is 1. The summed E-state index contributed by atoms with van der Waals surface area (Å²) >= 11 is 1.57. The van der Waals surface area contributed by atoms with Crippen LogP contribution in [0.2, 0.25) is 0 Å². The van der Waals surface area contributed by atoms with E-state index in [1.807, 2.05) is 31.2 Å². The molecule has 1 unspecified atom stereocenters. The lowest BCUT2D eigenvalue weighted by Gasteiger charge is -2.58. The first-order valence-electron chi connectivity index (χ1n) is 10.5. The first-order chi connectivity index (χ1) is 16.0. The van der Waals surface area contributed by atoms with E-state index >= 15 is 0 Å².